The van der Waals surface area contributed by atoms with Crippen molar-refractivity contribution < 1.29 is 0 Å². The molecule has 1 aliphatic rings. The normalized spacial score (nSPS) is 20.3. The number of hydrogen-bond donors (Lipinski definition) is 2. The predicted octanol–water partition coefficient (Wildman–Crippen LogP) is 1.62. The number of likely N-dealkylation sites (N-methyl/N-ethyl adjacent to an activating group) is 1. The van der Waals surface area contributed by atoms with Crippen LogP contribution in [0.1, 0.15) is 33.6 Å². The van der Waals surface area contributed by atoms with E-state index in [9.17, 15) is 0 Å². The average Bonchev–Trinajstić information content (AvgIpc) is 2.86. The van der Waals surface area contributed by atoms with Crippen LogP contribution in [-0.4, -0.2) is 25.7 Å². The molecule has 1 rings (SSSR count). The number of rotatable bonds is 6. The maximum absolute atomic E-state index is 3.54. The van der Waals surface area contributed by atoms with Gasteiger partial charge in [-0.05, 0) is 52.1 Å². The fraction of sp³-hybridized carbons (Fsp3) is 1.00. The van der Waals surface area contributed by atoms with Gasteiger partial charge in [0, 0.05) is 12.1 Å². The third-order valence-electron chi connectivity index (χ3n) is 3.14. The second-order valence-electron chi connectivity index (χ2n) is 5.08. The first-order valence-electron chi connectivity index (χ1n) is 5.45. The fourth-order valence-corrected chi connectivity index (χ4v) is 1.53. The molecule has 0 saturated heterocycles. The summed E-state index contributed by atoms with van der Waals surface area (Å²) in [5.41, 5.74) is 0.225. The van der Waals surface area contributed by atoms with Crippen molar-refractivity contribution in [3.05, 3.63) is 0 Å². The third kappa shape index (κ3) is 4.10. The molecule has 1 unspecified atom stereocenters. The molecule has 13 heavy (non-hydrogen) atoms. The summed E-state index contributed by atoms with van der Waals surface area (Å²) in [7, 11) is 2.02. The number of nitrogens with one attached hydrogen (secondary N) is 2. The first kappa shape index (κ1) is 11.0. The van der Waals surface area contributed by atoms with Crippen LogP contribution >= 0.6 is 0 Å². The van der Waals surface area contributed by atoms with Gasteiger partial charge >= 0.3 is 0 Å². The van der Waals surface area contributed by atoms with Gasteiger partial charge in [-0.3, -0.25) is 0 Å². The summed E-state index contributed by atoms with van der Waals surface area (Å²) in [6.07, 6.45) is 2.91. The van der Waals surface area contributed by atoms with E-state index >= 15 is 0 Å². The van der Waals surface area contributed by atoms with Crippen molar-refractivity contribution in [3.8, 4) is 0 Å². The van der Waals surface area contributed by atoms with Crippen molar-refractivity contribution >= 4 is 0 Å². The molecule has 2 heteroatoms. The largest absolute Gasteiger partial charge is 0.315 e. The van der Waals surface area contributed by atoms with Crippen molar-refractivity contribution in [2.24, 2.45) is 11.8 Å². The summed E-state index contributed by atoms with van der Waals surface area (Å²) >= 11 is 0. The minimum atomic E-state index is 0.225. The van der Waals surface area contributed by atoms with E-state index in [0.29, 0.717) is 0 Å². The molecule has 0 spiro atoms. The van der Waals surface area contributed by atoms with Gasteiger partial charge in [-0.25, -0.2) is 0 Å². The van der Waals surface area contributed by atoms with Crippen LogP contribution in [0.4, 0.5) is 0 Å². The second kappa shape index (κ2) is 4.43. The van der Waals surface area contributed by atoms with Crippen LogP contribution in [0, 0.1) is 11.8 Å². The Morgan fingerprint density at radius 3 is 2.46 bits per heavy atom. The van der Waals surface area contributed by atoms with Crippen molar-refractivity contribution in [2.45, 2.75) is 39.2 Å². The molecule has 0 aromatic carbocycles. The molecule has 0 aromatic rings. The molecule has 1 fully saturated rings. The van der Waals surface area contributed by atoms with Gasteiger partial charge in [0.2, 0.25) is 0 Å². The maximum atomic E-state index is 3.54. The Bertz CT molecular complexity index is 150. The Morgan fingerprint density at radius 2 is 2.00 bits per heavy atom. The van der Waals surface area contributed by atoms with Crippen LogP contribution in [0.25, 0.3) is 0 Å². The standard InChI is InChI=1S/C11H24N2/c1-9(10-5-6-10)7-13-8-11(2,3)12-4/h9-10,12-13H,5-8H2,1-4H3. The lowest BCUT2D eigenvalue weighted by Crippen LogP contribution is -2.46. The highest BCUT2D eigenvalue weighted by Crippen LogP contribution is 2.36. The highest BCUT2D eigenvalue weighted by molar-refractivity contribution is 4.82. The van der Waals surface area contributed by atoms with Crippen molar-refractivity contribution in [1.29, 1.82) is 0 Å². The second-order valence-corrected chi connectivity index (χ2v) is 5.08. The quantitative estimate of drug-likeness (QED) is 0.655. The Balaban J connectivity index is 2.05. The summed E-state index contributed by atoms with van der Waals surface area (Å²) in [6.45, 7) is 9.04. The Hall–Kier alpha value is -0.0800. The molecular weight excluding hydrogens is 160 g/mol. The summed E-state index contributed by atoms with van der Waals surface area (Å²) in [4.78, 5) is 0. The topological polar surface area (TPSA) is 24.1 Å². The van der Waals surface area contributed by atoms with Gasteiger partial charge in [0.05, 0.1) is 0 Å². The van der Waals surface area contributed by atoms with E-state index in [0.717, 1.165) is 18.4 Å². The van der Waals surface area contributed by atoms with E-state index in [1.165, 1.54) is 19.4 Å². The summed E-state index contributed by atoms with van der Waals surface area (Å²) in [5, 5.41) is 6.83. The van der Waals surface area contributed by atoms with Crippen molar-refractivity contribution in [1.82, 2.24) is 10.6 Å². The highest BCUT2D eigenvalue weighted by atomic mass is 15.0. The van der Waals surface area contributed by atoms with Crippen LogP contribution in [0.2, 0.25) is 0 Å². The first-order valence-corrected chi connectivity index (χ1v) is 5.45. The molecule has 0 heterocycles. The van der Waals surface area contributed by atoms with Gasteiger partial charge < -0.3 is 10.6 Å². The smallest absolute Gasteiger partial charge is 0.0246 e. The van der Waals surface area contributed by atoms with Gasteiger partial charge in [-0.2, -0.15) is 0 Å². The molecule has 2 nitrogen and oxygen atoms in total. The van der Waals surface area contributed by atoms with E-state index in [2.05, 4.69) is 31.4 Å². The SMILES string of the molecule is CNC(C)(C)CNCC(C)C1CC1. The molecule has 0 bridgehead atoms. The van der Waals surface area contributed by atoms with Gasteiger partial charge in [0.1, 0.15) is 0 Å². The lowest BCUT2D eigenvalue weighted by Gasteiger charge is -2.25. The average molecular weight is 184 g/mol. The summed E-state index contributed by atoms with van der Waals surface area (Å²) in [6, 6.07) is 0. The highest BCUT2D eigenvalue weighted by Gasteiger charge is 2.27. The molecular formula is C11H24N2. The lowest BCUT2D eigenvalue weighted by atomic mass is 10.0. The Labute approximate surface area is 82.5 Å². The zero-order valence-corrected chi connectivity index (χ0v) is 9.48. The van der Waals surface area contributed by atoms with Crippen LogP contribution in [0.15, 0.2) is 0 Å². The molecule has 0 aromatic heterocycles. The molecule has 1 saturated carbocycles. The van der Waals surface area contributed by atoms with E-state index in [-0.39, 0.29) is 5.54 Å². The first-order chi connectivity index (χ1) is 6.05. The van der Waals surface area contributed by atoms with E-state index in [4.69, 9.17) is 0 Å². The van der Waals surface area contributed by atoms with Gasteiger partial charge in [0.15, 0.2) is 0 Å². The van der Waals surface area contributed by atoms with Crippen LogP contribution in [-0.2, 0) is 0 Å². The lowest BCUT2D eigenvalue weighted by molar-refractivity contribution is 0.367. The molecule has 0 amide bonds. The van der Waals surface area contributed by atoms with Crippen molar-refractivity contribution in [2.75, 3.05) is 20.1 Å². The van der Waals surface area contributed by atoms with E-state index in [1.807, 2.05) is 7.05 Å². The fourth-order valence-electron chi connectivity index (χ4n) is 1.53. The summed E-state index contributed by atoms with van der Waals surface area (Å²) < 4.78 is 0. The third-order valence-corrected chi connectivity index (χ3v) is 3.14. The van der Waals surface area contributed by atoms with Gasteiger partial charge in [-0.15, -0.1) is 0 Å². The zero-order chi connectivity index (χ0) is 9.90. The molecule has 1 aliphatic carbocycles. The Morgan fingerprint density at radius 1 is 1.38 bits per heavy atom. The monoisotopic (exact) mass is 184 g/mol. The molecule has 1 atom stereocenters. The van der Waals surface area contributed by atoms with Crippen molar-refractivity contribution in [3.63, 3.8) is 0 Å². The maximum Gasteiger partial charge on any atom is 0.0246 e. The molecule has 0 radical (unpaired) electrons. The number of hydrogen-bond acceptors (Lipinski definition) is 2. The minimum Gasteiger partial charge on any atom is -0.315 e. The van der Waals surface area contributed by atoms with Crippen LogP contribution in [0.3, 0.4) is 0 Å². The summed E-state index contributed by atoms with van der Waals surface area (Å²) in [5.74, 6) is 1.89. The predicted molar refractivity (Wildman–Crippen MR) is 57.9 cm³/mol. The molecule has 78 valence electrons. The minimum absolute atomic E-state index is 0.225. The molecule has 0 aliphatic heterocycles. The molecule has 2 N–H and O–H groups in total. The van der Waals surface area contributed by atoms with E-state index < -0.39 is 0 Å². The Kier molecular flexibility index (Phi) is 3.74. The van der Waals surface area contributed by atoms with Gasteiger partial charge in [-0.1, -0.05) is 6.92 Å². The zero-order valence-electron chi connectivity index (χ0n) is 9.48. The van der Waals surface area contributed by atoms with Crippen LogP contribution in [0.5, 0.6) is 0 Å². The van der Waals surface area contributed by atoms with Gasteiger partial charge in [0.25, 0.3) is 0 Å². The van der Waals surface area contributed by atoms with Crippen LogP contribution < -0.4 is 10.6 Å². The van der Waals surface area contributed by atoms with E-state index in [1.54, 1.807) is 0 Å².